The highest BCUT2D eigenvalue weighted by Gasteiger charge is 2.12. The zero-order chi connectivity index (χ0) is 10.3. The normalized spacial score (nSPS) is 10.3. The van der Waals surface area contributed by atoms with E-state index in [0.717, 1.165) is 0 Å². The van der Waals surface area contributed by atoms with Gasteiger partial charge in [0, 0.05) is 17.0 Å². The lowest BCUT2D eigenvalue weighted by Crippen LogP contribution is -1.73. The molecular weight excluding hydrogens is 182 g/mol. The van der Waals surface area contributed by atoms with Gasteiger partial charge in [-0.05, 0) is 13.0 Å². The molecule has 1 aromatic heterocycles. The highest BCUT2D eigenvalue weighted by molar-refractivity contribution is 5.86. The van der Waals surface area contributed by atoms with Crippen LogP contribution in [0.1, 0.15) is 11.3 Å². The van der Waals surface area contributed by atoms with Gasteiger partial charge in [-0.15, -0.1) is 0 Å². The molecule has 2 aromatic rings. The van der Waals surface area contributed by atoms with E-state index in [1.54, 1.807) is 6.92 Å². The van der Waals surface area contributed by atoms with Gasteiger partial charge in [0.15, 0.2) is 11.5 Å². The number of hydrogen-bond donors (Lipinski definition) is 2. The summed E-state index contributed by atoms with van der Waals surface area (Å²) in [6, 6.07) is 4.56. The SMILES string of the molecule is Cc1c(C#N)oc2cc(O)c(O)cc12. The summed E-state index contributed by atoms with van der Waals surface area (Å²) in [6.45, 7) is 1.72. The van der Waals surface area contributed by atoms with Crippen molar-refractivity contribution in [1.82, 2.24) is 0 Å². The molecule has 14 heavy (non-hydrogen) atoms. The van der Waals surface area contributed by atoms with Crippen LogP contribution in [0.3, 0.4) is 0 Å². The molecule has 0 radical (unpaired) electrons. The number of phenols is 2. The van der Waals surface area contributed by atoms with E-state index in [-0.39, 0.29) is 17.3 Å². The Labute approximate surface area is 79.6 Å². The number of furan rings is 1. The molecule has 4 heteroatoms. The topological polar surface area (TPSA) is 77.4 Å². The monoisotopic (exact) mass is 189 g/mol. The summed E-state index contributed by atoms with van der Waals surface area (Å²) in [6.07, 6.45) is 0. The first-order valence-electron chi connectivity index (χ1n) is 3.98. The van der Waals surface area contributed by atoms with Crippen molar-refractivity contribution in [1.29, 1.82) is 5.26 Å². The second-order valence-corrected chi connectivity index (χ2v) is 3.01. The molecule has 1 aromatic carbocycles. The maximum absolute atomic E-state index is 9.25. The first-order valence-corrected chi connectivity index (χ1v) is 3.98. The average molecular weight is 189 g/mol. The second kappa shape index (κ2) is 2.67. The quantitative estimate of drug-likeness (QED) is 0.621. The summed E-state index contributed by atoms with van der Waals surface area (Å²) in [7, 11) is 0. The van der Waals surface area contributed by atoms with Crippen molar-refractivity contribution in [2.24, 2.45) is 0 Å². The molecule has 0 fully saturated rings. The molecule has 0 unspecified atom stereocenters. The highest BCUT2D eigenvalue weighted by Crippen LogP contribution is 2.34. The standard InChI is InChI=1S/C10H7NO3/c1-5-6-2-7(12)8(13)3-9(6)14-10(5)4-11/h2-3,12-13H,1H3. The molecule has 0 spiro atoms. The lowest BCUT2D eigenvalue weighted by molar-refractivity contribution is 0.404. The number of aryl methyl sites for hydroxylation is 1. The zero-order valence-corrected chi connectivity index (χ0v) is 7.40. The summed E-state index contributed by atoms with van der Waals surface area (Å²) >= 11 is 0. The number of aromatic hydroxyl groups is 2. The van der Waals surface area contributed by atoms with Gasteiger partial charge < -0.3 is 14.6 Å². The molecule has 0 aliphatic heterocycles. The second-order valence-electron chi connectivity index (χ2n) is 3.01. The minimum Gasteiger partial charge on any atom is -0.504 e. The fraction of sp³-hybridized carbons (Fsp3) is 0.100. The van der Waals surface area contributed by atoms with E-state index >= 15 is 0 Å². The van der Waals surface area contributed by atoms with Crippen LogP contribution in [0.2, 0.25) is 0 Å². The molecule has 0 aliphatic carbocycles. The lowest BCUT2D eigenvalue weighted by Gasteiger charge is -1.95. The molecular formula is C10H7NO3. The molecule has 1 heterocycles. The first kappa shape index (κ1) is 8.45. The Hall–Kier alpha value is -2.15. The highest BCUT2D eigenvalue weighted by atomic mass is 16.3. The average Bonchev–Trinajstić information content (AvgIpc) is 2.45. The van der Waals surface area contributed by atoms with Crippen molar-refractivity contribution < 1.29 is 14.6 Å². The summed E-state index contributed by atoms with van der Waals surface area (Å²) < 4.78 is 5.15. The van der Waals surface area contributed by atoms with Gasteiger partial charge in [-0.2, -0.15) is 5.26 Å². The molecule has 0 saturated heterocycles. The lowest BCUT2D eigenvalue weighted by atomic mass is 10.1. The summed E-state index contributed by atoms with van der Waals surface area (Å²) in [5.74, 6) is -0.272. The van der Waals surface area contributed by atoms with Crippen molar-refractivity contribution >= 4 is 11.0 Å². The smallest absolute Gasteiger partial charge is 0.207 e. The first-order chi connectivity index (χ1) is 6.63. The van der Waals surface area contributed by atoms with Crippen LogP contribution < -0.4 is 0 Å². The van der Waals surface area contributed by atoms with Gasteiger partial charge in [0.1, 0.15) is 11.7 Å². The molecule has 4 nitrogen and oxygen atoms in total. The molecule has 0 atom stereocenters. The van der Waals surface area contributed by atoms with Crippen LogP contribution >= 0.6 is 0 Å². The number of hydrogen-bond acceptors (Lipinski definition) is 4. The fourth-order valence-electron chi connectivity index (χ4n) is 1.35. The summed E-state index contributed by atoms with van der Waals surface area (Å²) in [4.78, 5) is 0. The van der Waals surface area contributed by atoms with Gasteiger partial charge in [0.25, 0.3) is 0 Å². The third kappa shape index (κ3) is 0.995. The predicted octanol–water partition coefficient (Wildman–Crippen LogP) is 2.02. The Balaban J connectivity index is 2.88. The van der Waals surface area contributed by atoms with Crippen LogP contribution in [0.15, 0.2) is 16.5 Å². The summed E-state index contributed by atoms with van der Waals surface area (Å²) in [5, 5.41) is 27.8. The van der Waals surface area contributed by atoms with Crippen molar-refractivity contribution in [3.63, 3.8) is 0 Å². The van der Waals surface area contributed by atoms with Crippen molar-refractivity contribution in [2.75, 3.05) is 0 Å². The molecule has 0 amide bonds. The summed E-state index contributed by atoms with van der Waals surface area (Å²) in [5.41, 5.74) is 1.06. The minimum absolute atomic E-state index is 0.199. The Bertz CT molecular complexity index is 548. The van der Waals surface area contributed by atoms with E-state index in [1.165, 1.54) is 12.1 Å². The Morgan fingerprint density at radius 2 is 1.93 bits per heavy atom. The molecule has 0 aliphatic rings. The van der Waals surface area contributed by atoms with Crippen molar-refractivity contribution in [2.45, 2.75) is 6.92 Å². The maximum atomic E-state index is 9.25. The van der Waals surface area contributed by atoms with E-state index in [1.807, 2.05) is 6.07 Å². The Kier molecular flexibility index (Phi) is 1.61. The van der Waals surface area contributed by atoms with Crippen LogP contribution in [0.4, 0.5) is 0 Å². The zero-order valence-electron chi connectivity index (χ0n) is 7.40. The van der Waals surface area contributed by atoms with Gasteiger partial charge >= 0.3 is 0 Å². The number of benzene rings is 1. The van der Waals surface area contributed by atoms with Crippen LogP contribution in [0.25, 0.3) is 11.0 Å². The molecule has 0 saturated carbocycles. The van der Waals surface area contributed by atoms with Crippen LogP contribution in [0, 0.1) is 18.3 Å². The van der Waals surface area contributed by atoms with Gasteiger partial charge in [-0.1, -0.05) is 0 Å². The third-order valence-electron chi connectivity index (χ3n) is 2.13. The largest absolute Gasteiger partial charge is 0.504 e. The molecule has 70 valence electrons. The third-order valence-corrected chi connectivity index (χ3v) is 2.13. The predicted molar refractivity (Wildman–Crippen MR) is 49.0 cm³/mol. The minimum atomic E-state index is -0.254. The van der Waals surface area contributed by atoms with E-state index in [2.05, 4.69) is 0 Å². The van der Waals surface area contributed by atoms with E-state index < -0.39 is 0 Å². The van der Waals surface area contributed by atoms with Gasteiger partial charge in [0.05, 0.1) is 0 Å². The maximum Gasteiger partial charge on any atom is 0.207 e. The number of nitrogens with zero attached hydrogens (tertiary/aromatic N) is 1. The molecule has 2 rings (SSSR count). The Morgan fingerprint density at radius 3 is 2.57 bits per heavy atom. The van der Waals surface area contributed by atoms with Gasteiger partial charge in [-0.25, -0.2) is 0 Å². The van der Waals surface area contributed by atoms with Crippen LogP contribution in [-0.2, 0) is 0 Å². The molecule has 0 bridgehead atoms. The van der Waals surface area contributed by atoms with Crippen LogP contribution in [-0.4, -0.2) is 10.2 Å². The van der Waals surface area contributed by atoms with Crippen molar-refractivity contribution in [3.05, 3.63) is 23.5 Å². The number of nitriles is 1. The molecule has 2 N–H and O–H groups in total. The number of fused-ring (bicyclic) bond motifs is 1. The Morgan fingerprint density at radius 1 is 1.29 bits per heavy atom. The van der Waals surface area contributed by atoms with Gasteiger partial charge in [-0.3, -0.25) is 0 Å². The van der Waals surface area contributed by atoms with E-state index in [9.17, 15) is 10.2 Å². The van der Waals surface area contributed by atoms with E-state index in [0.29, 0.717) is 16.5 Å². The van der Waals surface area contributed by atoms with E-state index in [4.69, 9.17) is 9.68 Å². The number of phenolic OH excluding ortho intramolecular Hbond substituents is 2. The van der Waals surface area contributed by atoms with Crippen molar-refractivity contribution in [3.8, 4) is 17.6 Å². The van der Waals surface area contributed by atoms with Gasteiger partial charge in [0.2, 0.25) is 5.76 Å². The van der Waals surface area contributed by atoms with Crippen LogP contribution in [0.5, 0.6) is 11.5 Å². The number of rotatable bonds is 0. The fourth-order valence-corrected chi connectivity index (χ4v) is 1.35.